The smallest absolute Gasteiger partial charge is 0.253 e. The number of ether oxygens (including phenoxy) is 1. The molecular formula is C24H22FNO4S. The molecule has 5 nitrogen and oxygen atoms in total. The summed E-state index contributed by atoms with van der Waals surface area (Å²) in [5.74, 6) is 0.422. The van der Waals surface area contributed by atoms with E-state index in [1.165, 1.54) is 24.3 Å². The average molecular weight is 440 g/mol. The number of likely N-dealkylation sites (tertiary alicyclic amines) is 1. The molecule has 0 aromatic heterocycles. The molecule has 1 heterocycles. The predicted molar refractivity (Wildman–Crippen MR) is 115 cm³/mol. The third-order valence-electron chi connectivity index (χ3n) is 5.37. The van der Waals surface area contributed by atoms with E-state index < -0.39 is 15.1 Å². The fourth-order valence-corrected chi connectivity index (χ4v) is 5.44. The maximum Gasteiger partial charge on any atom is 0.253 e. The van der Waals surface area contributed by atoms with E-state index in [1.807, 2.05) is 0 Å². The first kappa shape index (κ1) is 21.1. The first-order valence-electron chi connectivity index (χ1n) is 10.1. The first-order chi connectivity index (χ1) is 14.9. The van der Waals surface area contributed by atoms with Crippen molar-refractivity contribution in [3.05, 3.63) is 90.2 Å². The van der Waals surface area contributed by atoms with Gasteiger partial charge in [0.1, 0.15) is 17.3 Å². The molecule has 1 saturated heterocycles. The molecule has 7 heteroatoms. The minimum atomic E-state index is -3.40. The van der Waals surface area contributed by atoms with E-state index in [2.05, 4.69) is 0 Å². The van der Waals surface area contributed by atoms with Gasteiger partial charge in [0.25, 0.3) is 5.91 Å². The second-order valence-electron chi connectivity index (χ2n) is 7.43. The van der Waals surface area contributed by atoms with E-state index in [-0.39, 0.29) is 11.7 Å². The highest BCUT2D eigenvalue weighted by Gasteiger charge is 2.32. The molecule has 0 spiro atoms. The Hall–Kier alpha value is -3.19. The van der Waals surface area contributed by atoms with Crippen LogP contribution in [0.5, 0.6) is 11.5 Å². The number of hydrogen-bond acceptors (Lipinski definition) is 4. The van der Waals surface area contributed by atoms with Crippen molar-refractivity contribution in [3.8, 4) is 11.5 Å². The number of benzene rings is 3. The standard InChI is InChI=1S/C24H22FNO4S/c25-19-9-11-20(12-10-19)30-21-6-4-5-18(17-21)24(27)26-15-13-23(14-16-26)31(28,29)22-7-2-1-3-8-22/h1-12,17,23H,13-16H2. The van der Waals surface area contributed by atoms with Gasteiger partial charge in [-0.3, -0.25) is 4.79 Å². The SMILES string of the molecule is O=C(c1cccc(Oc2ccc(F)cc2)c1)N1CCC(S(=O)(=O)c2ccccc2)CC1. The Balaban J connectivity index is 1.41. The Kier molecular flexibility index (Phi) is 6.04. The zero-order valence-electron chi connectivity index (χ0n) is 16.8. The molecule has 0 saturated carbocycles. The zero-order valence-corrected chi connectivity index (χ0v) is 17.6. The van der Waals surface area contributed by atoms with E-state index in [0.29, 0.717) is 47.9 Å². The summed E-state index contributed by atoms with van der Waals surface area (Å²) in [7, 11) is -3.40. The molecule has 0 atom stereocenters. The van der Waals surface area contributed by atoms with E-state index in [9.17, 15) is 17.6 Å². The first-order valence-corrected chi connectivity index (χ1v) is 11.6. The van der Waals surface area contributed by atoms with E-state index in [0.717, 1.165) is 0 Å². The summed E-state index contributed by atoms with van der Waals surface area (Å²) in [4.78, 5) is 14.9. The molecule has 0 unspecified atom stereocenters. The molecule has 3 aromatic carbocycles. The molecule has 1 aliphatic heterocycles. The summed E-state index contributed by atoms with van der Waals surface area (Å²) in [6.07, 6.45) is 0.795. The molecular weight excluding hydrogens is 417 g/mol. The van der Waals surface area contributed by atoms with Gasteiger partial charge in [-0.1, -0.05) is 24.3 Å². The van der Waals surface area contributed by atoms with Crippen molar-refractivity contribution in [2.75, 3.05) is 13.1 Å². The lowest BCUT2D eigenvalue weighted by molar-refractivity contribution is 0.0725. The maximum absolute atomic E-state index is 13.1. The number of carbonyl (C=O) groups is 1. The predicted octanol–water partition coefficient (Wildman–Crippen LogP) is 4.70. The highest BCUT2D eigenvalue weighted by Crippen LogP contribution is 2.27. The topological polar surface area (TPSA) is 63.7 Å². The largest absolute Gasteiger partial charge is 0.457 e. The third kappa shape index (κ3) is 4.77. The van der Waals surface area contributed by atoms with Gasteiger partial charge in [0.2, 0.25) is 0 Å². The van der Waals surface area contributed by atoms with Gasteiger partial charge in [-0.2, -0.15) is 0 Å². The van der Waals surface area contributed by atoms with Crippen molar-refractivity contribution in [1.82, 2.24) is 4.90 Å². The minimum Gasteiger partial charge on any atom is -0.457 e. The van der Waals surface area contributed by atoms with Crippen molar-refractivity contribution in [3.63, 3.8) is 0 Å². The quantitative estimate of drug-likeness (QED) is 0.578. The highest BCUT2D eigenvalue weighted by molar-refractivity contribution is 7.92. The van der Waals surface area contributed by atoms with Crippen LogP contribution in [-0.2, 0) is 9.84 Å². The summed E-state index contributed by atoms with van der Waals surface area (Å²) in [5.41, 5.74) is 0.462. The fourth-order valence-electron chi connectivity index (χ4n) is 3.69. The molecule has 1 amide bonds. The highest BCUT2D eigenvalue weighted by atomic mass is 32.2. The van der Waals surface area contributed by atoms with Gasteiger partial charge >= 0.3 is 0 Å². The monoisotopic (exact) mass is 439 g/mol. The van der Waals surface area contributed by atoms with Crippen LogP contribution in [0, 0.1) is 5.82 Å². The molecule has 0 bridgehead atoms. The summed E-state index contributed by atoms with van der Waals surface area (Å²) >= 11 is 0. The summed E-state index contributed by atoms with van der Waals surface area (Å²) in [6, 6.07) is 20.9. The van der Waals surface area contributed by atoms with Crippen LogP contribution in [0.2, 0.25) is 0 Å². The van der Waals surface area contributed by atoms with Crippen molar-refractivity contribution in [2.45, 2.75) is 23.0 Å². The molecule has 1 fully saturated rings. The average Bonchev–Trinajstić information content (AvgIpc) is 2.81. The van der Waals surface area contributed by atoms with Gasteiger partial charge < -0.3 is 9.64 Å². The summed E-state index contributed by atoms with van der Waals surface area (Å²) < 4.78 is 44.4. The summed E-state index contributed by atoms with van der Waals surface area (Å²) in [6.45, 7) is 0.747. The number of nitrogens with zero attached hydrogens (tertiary/aromatic N) is 1. The Morgan fingerprint density at radius 3 is 2.23 bits per heavy atom. The van der Waals surface area contributed by atoms with Crippen molar-refractivity contribution in [1.29, 1.82) is 0 Å². The van der Waals surface area contributed by atoms with Crippen molar-refractivity contribution >= 4 is 15.7 Å². The van der Waals surface area contributed by atoms with Crippen LogP contribution in [0.1, 0.15) is 23.2 Å². The molecule has 0 N–H and O–H groups in total. The third-order valence-corrected chi connectivity index (χ3v) is 7.65. The van der Waals surface area contributed by atoms with Crippen LogP contribution in [0.3, 0.4) is 0 Å². The Morgan fingerprint density at radius 2 is 1.55 bits per heavy atom. The number of hydrogen-bond donors (Lipinski definition) is 0. The van der Waals surface area contributed by atoms with E-state index >= 15 is 0 Å². The Labute approximate surface area is 181 Å². The number of rotatable bonds is 5. The summed E-state index contributed by atoms with van der Waals surface area (Å²) in [5, 5.41) is -0.493. The van der Waals surface area contributed by atoms with E-state index in [4.69, 9.17) is 4.74 Å². The van der Waals surface area contributed by atoms with Crippen LogP contribution in [-0.4, -0.2) is 37.6 Å². The molecule has 160 valence electrons. The van der Waals surface area contributed by atoms with Gasteiger partial charge in [-0.25, -0.2) is 12.8 Å². The van der Waals surface area contributed by atoms with Gasteiger partial charge in [0, 0.05) is 18.7 Å². The van der Waals surface area contributed by atoms with Gasteiger partial charge in [0.15, 0.2) is 9.84 Å². The van der Waals surface area contributed by atoms with Crippen LogP contribution in [0.15, 0.2) is 83.8 Å². The number of carbonyl (C=O) groups excluding carboxylic acids is 1. The fraction of sp³-hybridized carbons (Fsp3) is 0.208. The molecule has 0 aliphatic carbocycles. The Bertz CT molecular complexity index is 1160. The molecule has 31 heavy (non-hydrogen) atoms. The molecule has 3 aromatic rings. The lowest BCUT2D eigenvalue weighted by Gasteiger charge is -2.32. The van der Waals surface area contributed by atoms with Gasteiger partial charge in [0.05, 0.1) is 10.1 Å². The van der Waals surface area contributed by atoms with Gasteiger partial charge in [-0.05, 0) is 67.4 Å². The lowest BCUT2D eigenvalue weighted by atomic mass is 10.1. The number of halogens is 1. The Morgan fingerprint density at radius 1 is 0.871 bits per heavy atom. The van der Waals surface area contributed by atoms with Gasteiger partial charge in [-0.15, -0.1) is 0 Å². The van der Waals surface area contributed by atoms with E-state index in [1.54, 1.807) is 59.5 Å². The second kappa shape index (κ2) is 8.89. The number of amides is 1. The molecule has 0 radical (unpaired) electrons. The molecule has 1 aliphatic rings. The second-order valence-corrected chi connectivity index (χ2v) is 9.66. The van der Waals surface area contributed by atoms with Crippen LogP contribution in [0.4, 0.5) is 4.39 Å². The molecule has 4 rings (SSSR count). The number of piperidine rings is 1. The zero-order chi connectivity index (χ0) is 21.8. The number of sulfone groups is 1. The lowest BCUT2D eigenvalue weighted by Crippen LogP contribution is -2.42. The normalized spacial score (nSPS) is 14.9. The van der Waals surface area contributed by atoms with Crippen LogP contribution in [0.25, 0.3) is 0 Å². The minimum absolute atomic E-state index is 0.167. The van der Waals surface area contributed by atoms with Crippen molar-refractivity contribution in [2.24, 2.45) is 0 Å². The van der Waals surface area contributed by atoms with Crippen molar-refractivity contribution < 1.29 is 22.3 Å². The van der Waals surface area contributed by atoms with Crippen LogP contribution < -0.4 is 4.74 Å². The van der Waals surface area contributed by atoms with Crippen LogP contribution >= 0.6 is 0 Å². The maximum atomic E-state index is 13.1.